The second-order valence-corrected chi connectivity index (χ2v) is 7.66. The molecule has 0 aromatic heterocycles. The Labute approximate surface area is 129 Å². The SMILES string of the molecule is O=S(=O)(NCC1COCCN1)c1ccc(Br)cc1Br. The lowest BCUT2D eigenvalue weighted by atomic mass is 10.3. The van der Waals surface area contributed by atoms with E-state index in [0.29, 0.717) is 24.2 Å². The van der Waals surface area contributed by atoms with Crippen molar-refractivity contribution in [2.45, 2.75) is 10.9 Å². The number of halogens is 2. The number of hydrogen-bond donors (Lipinski definition) is 2. The van der Waals surface area contributed by atoms with Crippen LogP contribution >= 0.6 is 31.9 Å². The van der Waals surface area contributed by atoms with Gasteiger partial charge in [0, 0.05) is 28.1 Å². The minimum Gasteiger partial charge on any atom is -0.378 e. The van der Waals surface area contributed by atoms with Gasteiger partial charge in [-0.05, 0) is 34.1 Å². The highest BCUT2D eigenvalue weighted by atomic mass is 79.9. The third-order valence-electron chi connectivity index (χ3n) is 2.70. The Morgan fingerprint density at radius 3 is 2.84 bits per heavy atom. The number of sulfonamides is 1. The van der Waals surface area contributed by atoms with Crippen molar-refractivity contribution in [1.29, 1.82) is 0 Å². The smallest absolute Gasteiger partial charge is 0.241 e. The summed E-state index contributed by atoms with van der Waals surface area (Å²) in [6, 6.07) is 4.97. The van der Waals surface area contributed by atoms with E-state index in [1.165, 1.54) is 0 Å². The maximum Gasteiger partial charge on any atom is 0.241 e. The zero-order chi connectivity index (χ0) is 13.9. The third-order valence-corrected chi connectivity index (χ3v) is 5.60. The molecule has 1 saturated heterocycles. The normalized spacial score (nSPS) is 20.4. The summed E-state index contributed by atoms with van der Waals surface area (Å²) in [5, 5.41) is 3.20. The maximum atomic E-state index is 12.2. The Morgan fingerprint density at radius 1 is 1.42 bits per heavy atom. The molecule has 0 saturated carbocycles. The van der Waals surface area contributed by atoms with Crippen LogP contribution in [0.5, 0.6) is 0 Å². The fourth-order valence-corrected chi connectivity index (χ4v) is 4.56. The maximum absolute atomic E-state index is 12.2. The van der Waals surface area contributed by atoms with E-state index in [4.69, 9.17) is 4.74 Å². The molecule has 106 valence electrons. The molecule has 2 rings (SSSR count). The molecule has 0 bridgehead atoms. The molecule has 1 aliphatic heterocycles. The van der Waals surface area contributed by atoms with E-state index < -0.39 is 10.0 Å². The molecule has 1 unspecified atom stereocenters. The largest absolute Gasteiger partial charge is 0.378 e. The zero-order valence-electron chi connectivity index (χ0n) is 10.0. The van der Waals surface area contributed by atoms with Gasteiger partial charge in [0.25, 0.3) is 0 Å². The minimum absolute atomic E-state index is 0.0118. The van der Waals surface area contributed by atoms with Crippen molar-refractivity contribution in [2.75, 3.05) is 26.3 Å². The van der Waals surface area contributed by atoms with Gasteiger partial charge < -0.3 is 10.1 Å². The molecule has 0 amide bonds. The van der Waals surface area contributed by atoms with Gasteiger partial charge in [-0.1, -0.05) is 15.9 Å². The van der Waals surface area contributed by atoms with Crippen LogP contribution in [-0.4, -0.2) is 40.8 Å². The van der Waals surface area contributed by atoms with Crippen molar-refractivity contribution < 1.29 is 13.2 Å². The van der Waals surface area contributed by atoms with E-state index in [1.54, 1.807) is 18.2 Å². The highest BCUT2D eigenvalue weighted by Crippen LogP contribution is 2.25. The molecule has 0 spiro atoms. The second kappa shape index (κ2) is 6.64. The molecule has 1 heterocycles. The Balaban J connectivity index is 2.05. The average Bonchev–Trinajstić information content (AvgIpc) is 2.37. The Kier molecular flexibility index (Phi) is 5.38. The summed E-state index contributed by atoms with van der Waals surface area (Å²) in [6.45, 7) is 2.24. The molecule has 1 aromatic rings. The van der Waals surface area contributed by atoms with Crippen LogP contribution in [0.15, 0.2) is 32.0 Å². The van der Waals surface area contributed by atoms with Gasteiger partial charge >= 0.3 is 0 Å². The molecule has 0 aliphatic carbocycles. The summed E-state index contributed by atoms with van der Waals surface area (Å²) in [6.07, 6.45) is 0. The van der Waals surface area contributed by atoms with E-state index in [9.17, 15) is 8.42 Å². The van der Waals surface area contributed by atoms with Gasteiger partial charge in [0.1, 0.15) is 0 Å². The predicted molar refractivity (Wildman–Crippen MR) is 79.6 cm³/mol. The molecule has 19 heavy (non-hydrogen) atoms. The first-order chi connectivity index (χ1) is 8.99. The Morgan fingerprint density at radius 2 is 2.21 bits per heavy atom. The third kappa shape index (κ3) is 4.24. The second-order valence-electron chi connectivity index (χ2n) is 4.15. The van der Waals surface area contributed by atoms with Crippen LogP contribution in [0.2, 0.25) is 0 Å². The van der Waals surface area contributed by atoms with Gasteiger partial charge in [0.2, 0.25) is 10.0 Å². The van der Waals surface area contributed by atoms with Gasteiger partial charge in [-0.25, -0.2) is 13.1 Å². The van der Waals surface area contributed by atoms with Gasteiger partial charge in [-0.3, -0.25) is 0 Å². The monoisotopic (exact) mass is 412 g/mol. The predicted octanol–water partition coefficient (Wildman–Crippen LogP) is 1.48. The van der Waals surface area contributed by atoms with E-state index >= 15 is 0 Å². The number of rotatable bonds is 4. The number of nitrogens with one attached hydrogen (secondary N) is 2. The lowest BCUT2D eigenvalue weighted by Gasteiger charge is -2.24. The molecule has 1 aromatic carbocycles. The summed E-state index contributed by atoms with van der Waals surface area (Å²) in [5.74, 6) is 0. The first-order valence-electron chi connectivity index (χ1n) is 5.75. The average molecular weight is 414 g/mol. The molecule has 8 heteroatoms. The van der Waals surface area contributed by atoms with Crippen LogP contribution in [0.3, 0.4) is 0 Å². The van der Waals surface area contributed by atoms with Crippen LogP contribution in [0, 0.1) is 0 Å². The summed E-state index contributed by atoms with van der Waals surface area (Å²) < 4.78 is 33.6. The van der Waals surface area contributed by atoms with Crippen molar-refractivity contribution in [3.05, 3.63) is 27.1 Å². The van der Waals surface area contributed by atoms with Gasteiger partial charge in [0.15, 0.2) is 0 Å². The zero-order valence-corrected chi connectivity index (χ0v) is 14.0. The lowest BCUT2D eigenvalue weighted by Crippen LogP contribution is -2.48. The summed E-state index contributed by atoms with van der Waals surface area (Å²) >= 11 is 6.55. The van der Waals surface area contributed by atoms with Crippen molar-refractivity contribution in [3.8, 4) is 0 Å². The molecule has 1 fully saturated rings. The van der Waals surface area contributed by atoms with Crippen molar-refractivity contribution in [2.24, 2.45) is 0 Å². The summed E-state index contributed by atoms with van der Waals surface area (Å²) in [7, 11) is -3.52. The molecule has 5 nitrogen and oxygen atoms in total. The first kappa shape index (κ1) is 15.4. The number of morpholine rings is 1. The summed E-state index contributed by atoms with van der Waals surface area (Å²) in [5.41, 5.74) is 0. The molecule has 0 radical (unpaired) electrons. The minimum atomic E-state index is -3.52. The number of ether oxygens (including phenoxy) is 1. The van der Waals surface area contributed by atoms with Crippen molar-refractivity contribution >= 4 is 41.9 Å². The molecular formula is C11H14Br2N2O3S. The lowest BCUT2D eigenvalue weighted by molar-refractivity contribution is 0.0784. The van der Waals surface area contributed by atoms with Crippen molar-refractivity contribution in [3.63, 3.8) is 0 Å². The van der Waals surface area contributed by atoms with Crippen LogP contribution < -0.4 is 10.0 Å². The number of hydrogen-bond acceptors (Lipinski definition) is 4. The van der Waals surface area contributed by atoms with E-state index in [-0.39, 0.29) is 10.9 Å². The Hall–Kier alpha value is 0.01000. The topological polar surface area (TPSA) is 67.4 Å². The molecule has 2 N–H and O–H groups in total. The first-order valence-corrected chi connectivity index (χ1v) is 8.82. The van der Waals surface area contributed by atoms with E-state index in [0.717, 1.165) is 11.0 Å². The fraction of sp³-hybridized carbons (Fsp3) is 0.455. The van der Waals surface area contributed by atoms with Crippen molar-refractivity contribution in [1.82, 2.24) is 10.0 Å². The molecule has 1 atom stereocenters. The van der Waals surface area contributed by atoms with Crippen LogP contribution in [-0.2, 0) is 14.8 Å². The summed E-state index contributed by atoms with van der Waals surface area (Å²) in [4.78, 5) is 0.229. The van der Waals surface area contributed by atoms with Crippen LogP contribution in [0.4, 0.5) is 0 Å². The number of benzene rings is 1. The van der Waals surface area contributed by atoms with Crippen LogP contribution in [0.1, 0.15) is 0 Å². The van der Waals surface area contributed by atoms with Crippen LogP contribution in [0.25, 0.3) is 0 Å². The van der Waals surface area contributed by atoms with E-state index in [1.807, 2.05) is 0 Å². The van der Waals surface area contributed by atoms with Gasteiger partial charge in [-0.15, -0.1) is 0 Å². The fourth-order valence-electron chi connectivity index (χ4n) is 1.73. The van der Waals surface area contributed by atoms with Gasteiger partial charge in [-0.2, -0.15) is 0 Å². The standard InChI is InChI=1S/C11H14Br2N2O3S/c12-8-1-2-11(10(13)5-8)19(16,17)15-6-9-7-18-4-3-14-9/h1-2,5,9,14-15H,3-4,6-7H2. The highest BCUT2D eigenvalue weighted by molar-refractivity contribution is 9.11. The quantitative estimate of drug-likeness (QED) is 0.784. The molecular weight excluding hydrogens is 400 g/mol. The van der Waals surface area contributed by atoms with Gasteiger partial charge in [0.05, 0.1) is 18.1 Å². The highest BCUT2D eigenvalue weighted by Gasteiger charge is 2.20. The molecule has 1 aliphatic rings. The van der Waals surface area contributed by atoms with E-state index in [2.05, 4.69) is 41.9 Å². The Bertz CT molecular complexity index is 545.